The lowest BCUT2D eigenvalue weighted by molar-refractivity contribution is 0.669. The summed E-state index contributed by atoms with van der Waals surface area (Å²) in [5, 5.41) is 8.15. The Kier molecular flexibility index (Phi) is 7.33. The molecule has 0 fully saturated rings. The summed E-state index contributed by atoms with van der Waals surface area (Å²) in [6.07, 6.45) is 0. The fraction of sp³-hybridized carbons (Fsp3) is 0. The zero-order valence-corrected chi connectivity index (χ0v) is 31.7. The Bertz CT molecular complexity index is 3570. The van der Waals surface area contributed by atoms with Crippen molar-refractivity contribution in [3.63, 3.8) is 0 Å². The third-order valence-corrected chi connectivity index (χ3v) is 12.3. The van der Waals surface area contributed by atoms with Gasteiger partial charge in [0.05, 0.1) is 16.8 Å². The van der Waals surface area contributed by atoms with Gasteiger partial charge >= 0.3 is 0 Å². The number of hydrogen-bond acceptors (Lipinski definition) is 6. The average Bonchev–Trinajstić information content (AvgIpc) is 3.88. The van der Waals surface area contributed by atoms with Gasteiger partial charge in [0, 0.05) is 63.8 Å². The van der Waals surface area contributed by atoms with Crippen LogP contribution in [0.1, 0.15) is 0 Å². The minimum Gasteiger partial charge on any atom is -0.455 e. The molecule has 0 unspecified atom stereocenters. The lowest BCUT2D eigenvalue weighted by atomic mass is 9.95. The van der Waals surface area contributed by atoms with Crippen LogP contribution in [0.25, 0.3) is 120 Å². The predicted octanol–water partition coefficient (Wildman–Crippen LogP) is 14.2. The van der Waals surface area contributed by atoms with Crippen molar-refractivity contribution in [3.8, 4) is 56.5 Å². The SMILES string of the molecule is c1ccc(-c2nc(-c3cccc(-c4cccc5c4sc4ccc6c(-c7ccccc7)nc7ccccc7c6c45)c3)nc(-c3cccc4c3oc3ccccc34)n2)cc1. The van der Waals surface area contributed by atoms with E-state index in [9.17, 15) is 0 Å². The largest absolute Gasteiger partial charge is 0.455 e. The summed E-state index contributed by atoms with van der Waals surface area (Å²) in [5.74, 6) is 1.77. The maximum atomic E-state index is 6.45. The molecule has 0 amide bonds. The van der Waals surface area contributed by atoms with Crippen molar-refractivity contribution in [2.45, 2.75) is 0 Å². The molecule has 0 saturated carbocycles. The number of para-hydroxylation sites is 3. The Hall–Kier alpha value is -7.54. The Balaban J connectivity index is 1.05. The van der Waals surface area contributed by atoms with Gasteiger partial charge in [0.15, 0.2) is 17.5 Å². The molecule has 0 bridgehead atoms. The first kappa shape index (κ1) is 32.7. The fourth-order valence-corrected chi connectivity index (χ4v) is 9.71. The number of thiophene rings is 1. The van der Waals surface area contributed by atoms with E-state index in [2.05, 4.69) is 121 Å². The summed E-state index contributed by atoms with van der Waals surface area (Å²) >= 11 is 1.84. The second kappa shape index (κ2) is 13.0. The van der Waals surface area contributed by atoms with Crippen LogP contribution in [-0.4, -0.2) is 19.9 Å². The minimum atomic E-state index is 0.564. The molecule has 12 rings (SSSR count). The third-order valence-electron chi connectivity index (χ3n) is 11.1. The van der Waals surface area contributed by atoms with E-state index in [1.54, 1.807) is 0 Å². The third kappa shape index (κ3) is 5.16. The van der Waals surface area contributed by atoms with Gasteiger partial charge in [-0.3, -0.25) is 0 Å². The number of hydrogen-bond donors (Lipinski definition) is 0. The van der Waals surface area contributed by atoms with Gasteiger partial charge in [-0.05, 0) is 41.5 Å². The standard InChI is InChI=1S/C52H30N4OS/c1-3-14-31(15-4-1)47-39-28-29-44-46(45(39)38-21-7-9-26-42(38)53-47)40-24-12-22-35(49(40)58-44)33-18-11-19-34(30-33)51-54-50(32-16-5-2-6-17-32)55-52(56-51)41-25-13-23-37-36-20-8-10-27-43(36)57-48(37)41/h1-30H. The summed E-state index contributed by atoms with van der Waals surface area (Å²) in [6, 6.07) is 63.2. The van der Waals surface area contributed by atoms with Crippen LogP contribution in [-0.2, 0) is 0 Å². The first-order chi connectivity index (χ1) is 28.7. The lowest BCUT2D eigenvalue weighted by Gasteiger charge is -2.12. The molecule has 4 heterocycles. The molecule has 0 spiro atoms. The Labute approximate surface area is 336 Å². The lowest BCUT2D eigenvalue weighted by Crippen LogP contribution is -2.00. The van der Waals surface area contributed by atoms with E-state index in [-0.39, 0.29) is 0 Å². The van der Waals surface area contributed by atoms with Crippen molar-refractivity contribution < 1.29 is 4.42 Å². The van der Waals surface area contributed by atoms with Crippen LogP contribution in [0.5, 0.6) is 0 Å². The summed E-state index contributed by atoms with van der Waals surface area (Å²) < 4.78 is 8.93. The second-order valence-corrected chi connectivity index (χ2v) is 15.6. The predicted molar refractivity (Wildman–Crippen MR) is 240 cm³/mol. The van der Waals surface area contributed by atoms with Crippen LogP contribution in [0.2, 0.25) is 0 Å². The smallest absolute Gasteiger partial charge is 0.167 e. The maximum absolute atomic E-state index is 6.45. The summed E-state index contributed by atoms with van der Waals surface area (Å²) in [7, 11) is 0. The molecule has 4 aromatic heterocycles. The van der Waals surface area contributed by atoms with E-state index < -0.39 is 0 Å². The second-order valence-electron chi connectivity index (χ2n) is 14.5. The Morgan fingerprint density at radius 2 is 1.00 bits per heavy atom. The zero-order valence-electron chi connectivity index (χ0n) is 30.9. The highest BCUT2D eigenvalue weighted by Crippen LogP contribution is 2.46. The summed E-state index contributed by atoms with van der Waals surface area (Å²) in [5.41, 5.74) is 9.61. The van der Waals surface area contributed by atoms with Crippen LogP contribution in [0, 0.1) is 0 Å². The fourth-order valence-electron chi connectivity index (χ4n) is 8.46. The number of pyridine rings is 1. The van der Waals surface area contributed by atoms with Crippen molar-refractivity contribution in [3.05, 3.63) is 182 Å². The number of rotatable bonds is 5. The van der Waals surface area contributed by atoms with Crippen LogP contribution in [0.3, 0.4) is 0 Å². The van der Waals surface area contributed by atoms with E-state index in [0.29, 0.717) is 17.5 Å². The highest BCUT2D eigenvalue weighted by atomic mass is 32.1. The number of furan rings is 1. The number of fused-ring (bicyclic) bond motifs is 10. The maximum Gasteiger partial charge on any atom is 0.167 e. The van der Waals surface area contributed by atoms with E-state index in [4.69, 9.17) is 24.4 Å². The van der Waals surface area contributed by atoms with Gasteiger partial charge in [0.25, 0.3) is 0 Å². The summed E-state index contributed by atoms with van der Waals surface area (Å²) in [6.45, 7) is 0. The molecule has 0 aliphatic carbocycles. The highest BCUT2D eigenvalue weighted by molar-refractivity contribution is 7.26. The molecule has 0 aliphatic heterocycles. The number of benzene rings is 8. The molecule has 0 saturated heterocycles. The molecule has 6 heteroatoms. The van der Waals surface area contributed by atoms with Crippen LogP contribution in [0.4, 0.5) is 0 Å². The van der Waals surface area contributed by atoms with Crippen molar-refractivity contribution >= 4 is 75.1 Å². The highest BCUT2D eigenvalue weighted by Gasteiger charge is 2.20. The van der Waals surface area contributed by atoms with Gasteiger partial charge in [0.2, 0.25) is 0 Å². The molecule has 12 aromatic rings. The van der Waals surface area contributed by atoms with Crippen molar-refractivity contribution in [1.82, 2.24) is 19.9 Å². The Morgan fingerprint density at radius 3 is 1.84 bits per heavy atom. The molecule has 0 atom stereocenters. The van der Waals surface area contributed by atoms with Crippen LogP contribution >= 0.6 is 11.3 Å². The first-order valence-corrected chi connectivity index (χ1v) is 20.1. The first-order valence-electron chi connectivity index (χ1n) is 19.3. The van der Waals surface area contributed by atoms with Crippen molar-refractivity contribution in [2.24, 2.45) is 0 Å². The molecule has 8 aromatic carbocycles. The van der Waals surface area contributed by atoms with Crippen molar-refractivity contribution in [2.75, 3.05) is 0 Å². The van der Waals surface area contributed by atoms with Crippen LogP contribution in [0.15, 0.2) is 186 Å². The molecule has 0 N–H and O–H groups in total. The topological polar surface area (TPSA) is 64.7 Å². The molecular weight excluding hydrogens is 729 g/mol. The number of aromatic nitrogens is 4. The van der Waals surface area contributed by atoms with Gasteiger partial charge in [-0.2, -0.15) is 0 Å². The molecule has 58 heavy (non-hydrogen) atoms. The van der Waals surface area contributed by atoms with Crippen LogP contribution < -0.4 is 0 Å². The van der Waals surface area contributed by atoms with Gasteiger partial charge in [-0.15, -0.1) is 11.3 Å². The average molecular weight is 759 g/mol. The van der Waals surface area contributed by atoms with E-state index in [0.717, 1.165) is 71.7 Å². The van der Waals surface area contributed by atoms with Gasteiger partial charge < -0.3 is 4.42 Å². The van der Waals surface area contributed by atoms with E-state index in [1.165, 1.54) is 31.1 Å². The van der Waals surface area contributed by atoms with Gasteiger partial charge in [-0.25, -0.2) is 19.9 Å². The Morgan fingerprint density at radius 1 is 0.379 bits per heavy atom. The normalized spacial score (nSPS) is 11.8. The molecule has 0 radical (unpaired) electrons. The van der Waals surface area contributed by atoms with Crippen molar-refractivity contribution in [1.29, 1.82) is 0 Å². The van der Waals surface area contributed by atoms with E-state index >= 15 is 0 Å². The molecular formula is C52H30N4OS. The summed E-state index contributed by atoms with van der Waals surface area (Å²) in [4.78, 5) is 20.5. The molecule has 5 nitrogen and oxygen atoms in total. The number of nitrogens with zero attached hydrogens (tertiary/aromatic N) is 4. The minimum absolute atomic E-state index is 0.564. The quantitative estimate of drug-likeness (QED) is 0.164. The molecule has 0 aliphatic rings. The zero-order chi connectivity index (χ0) is 38.2. The van der Waals surface area contributed by atoms with E-state index in [1.807, 2.05) is 72.0 Å². The molecule has 270 valence electrons. The van der Waals surface area contributed by atoms with Gasteiger partial charge in [-0.1, -0.05) is 152 Å². The van der Waals surface area contributed by atoms with Gasteiger partial charge in [0.1, 0.15) is 11.2 Å². The monoisotopic (exact) mass is 758 g/mol.